The standard InChI is InChI=1S/C18H12F4N2O2/c19-13-5-1-11(2-6-13)16-9-15(24-26-16)10-17(25)23-14-7-3-12(4-8-14)18(20,21)22/h1-9H,10H2,(H,23,25). The number of aromatic nitrogens is 1. The molecule has 134 valence electrons. The highest BCUT2D eigenvalue weighted by Gasteiger charge is 2.30. The first kappa shape index (κ1) is 17.7. The third-order valence-electron chi connectivity index (χ3n) is 3.53. The van der Waals surface area contributed by atoms with Crippen molar-refractivity contribution in [1.29, 1.82) is 0 Å². The van der Waals surface area contributed by atoms with Gasteiger partial charge in [0.05, 0.1) is 17.7 Å². The normalized spacial score (nSPS) is 11.4. The Bertz CT molecular complexity index is 900. The zero-order valence-corrected chi connectivity index (χ0v) is 13.2. The van der Waals surface area contributed by atoms with Gasteiger partial charge >= 0.3 is 6.18 Å². The molecule has 0 saturated carbocycles. The highest BCUT2D eigenvalue weighted by atomic mass is 19.4. The van der Waals surface area contributed by atoms with Crippen LogP contribution < -0.4 is 5.32 Å². The second kappa shape index (κ2) is 6.99. The van der Waals surface area contributed by atoms with E-state index in [1.165, 1.54) is 36.4 Å². The molecule has 0 radical (unpaired) electrons. The van der Waals surface area contributed by atoms with Crippen LogP contribution in [0, 0.1) is 5.82 Å². The molecule has 0 aliphatic heterocycles. The second-order valence-electron chi connectivity index (χ2n) is 5.49. The molecule has 0 unspecified atom stereocenters. The molecule has 1 N–H and O–H groups in total. The molecule has 0 bridgehead atoms. The van der Waals surface area contributed by atoms with Gasteiger partial charge in [-0.3, -0.25) is 4.79 Å². The molecule has 1 aromatic heterocycles. The molecule has 0 aliphatic carbocycles. The quantitative estimate of drug-likeness (QED) is 0.684. The molecule has 0 aliphatic rings. The molecule has 0 atom stereocenters. The Morgan fingerprint density at radius 1 is 1.04 bits per heavy atom. The number of anilines is 1. The van der Waals surface area contributed by atoms with Crippen LogP contribution in [0.2, 0.25) is 0 Å². The summed E-state index contributed by atoms with van der Waals surface area (Å²) in [4.78, 5) is 12.0. The first-order chi connectivity index (χ1) is 12.3. The Labute approximate surface area is 145 Å². The lowest BCUT2D eigenvalue weighted by Crippen LogP contribution is -2.14. The van der Waals surface area contributed by atoms with Crippen LogP contribution in [0.5, 0.6) is 0 Å². The fourth-order valence-electron chi connectivity index (χ4n) is 2.26. The third kappa shape index (κ3) is 4.27. The van der Waals surface area contributed by atoms with Gasteiger partial charge in [-0.05, 0) is 48.5 Å². The van der Waals surface area contributed by atoms with Crippen LogP contribution in [0.3, 0.4) is 0 Å². The number of benzene rings is 2. The maximum Gasteiger partial charge on any atom is 0.416 e. The Kier molecular flexibility index (Phi) is 4.75. The minimum absolute atomic E-state index is 0.119. The Morgan fingerprint density at radius 2 is 1.69 bits per heavy atom. The monoisotopic (exact) mass is 364 g/mol. The lowest BCUT2D eigenvalue weighted by molar-refractivity contribution is -0.137. The Morgan fingerprint density at radius 3 is 2.31 bits per heavy atom. The van der Waals surface area contributed by atoms with Gasteiger partial charge in [0.15, 0.2) is 5.76 Å². The third-order valence-corrected chi connectivity index (χ3v) is 3.53. The van der Waals surface area contributed by atoms with Crippen LogP contribution >= 0.6 is 0 Å². The summed E-state index contributed by atoms with van der Waals surface area (Å²) in [6.45, 7) is 0. The molecular formula is C18H12F4N2O2. The minimum Gasteiger partial charge on any atom is -0.356 e. The van der Waals surface area contributed by atoms with E-state index in [-0.39, 0.29) is 17.9 Å². The molecule has 2 aromatic carbocycles. The first-order valence-electron chi connectivity index (χ1n) is 7.50. The second-order valence-corrected chi connectivity index (χ2v) is 5.49. The summed E-state index contributed by atoms with van der Waals surface area (Å²) in [5, 5.41) is 6.25. The number of nitrogens with zero attached hydrogens (tertiary/aromatic N) is 1. The molecular weight excluding hydrogens is 352 g/mol. The summed E-state index contributed by atoms with van der Waals surface area (Å²) in [6.07, 6.45) is -4.55. The number of halogens is 4. The van der Waals surface area contributed by atoms with E-state index in [1.54, 1.807) is 6.07 Å². The van der Waals surface area contributed by atoms with Crippen molar-refractivity contribution in [2.75, 3.05) is 5.32 Å². The largest absolute Gasteiger partial charge is 0.416 e. The van der Waals surface area contributed by atoms with Crippen molar-refractivity contribution in [3.05, 3.63) is 71.7 Å². The van der Waals surface area contributed by atoms with E-state index in [1.807, 2.05) is 0 Å². The van der Waals surface area contributed by atoms with Crippen molar-refractivity contribution < 1.29 is 26.9 Å². The van der Waals surface area contributed by atoms with E-state index in [4.69, 9.17) is 4.52 Å². The summed E-state index contributed by atoms with van der Waals surface area (Å²) in [7, 11) is 0. The van der Waals surface area contributed by atoms with E-state index in [9.17, 15) is 22.4 Å². The maximum absolute atomic E-state index is 12.9. The van der Waals surface area contributed by atoms with Crippen molar-refractivity contribution in [2.45, 2.75) is 12.6 Å². The number of nitrogens with one attached hydrogen (secondary N) is 1. The average molecular weight is 364 g/mol. The van der Waals surface area contributed by atoms with Gasteiger partial charge < -0.3 is 9.84 Å². The average Bonchev–Trinajstić information content (AvgIpc) is 3.03. The Hall–Kier alpha value is -3.16. The van der Waals surface area contributed by atoms with Gasteiger partial charge in [-0.2, -0.15) is 13.2 Å². The van der Waals surface area contributed by atoms with Crippen LogP contribution in [0.4, 0.5) is 23.2 Å². The van der Waals surface area contributed by atoms with Crippen molar-refractivity contribution in [2.24, 2.45) is 0 Å². The molecule has 26 heavy (non-hydrogen) atoms. The van der Waals surface area contributed by atoms with Crippen LogP contribution in [0.1, 0.15) is 11.3 Å². The van der Waals surface area contributed by atoms with E-state index in [2.05, 4.69) is 10.5 Å². The van der Waals surface area contributed by atoms with E-state index in [0.717, 1.165) is 12.1 Å². The summed E-state index contributed by atoms with van der Waals surface area (Å²) >= 11 is 0. The van der Waals surface area contributed by atoms with Crippen molar-refractivity contribution in [3.8, 4) is 11.3 Å². The summed E-state index contributed by atoms with van der Waals surface area (Å²) in [5.74, 6) is -0.463. The topological polar surface area (TPSA) is 55.1 Å². The number of carbonyl (C=O) groups excluding carboxylic acids is 1. The molecule has 4 nitrogen and oxygen atoms in total. The fraction of sp³-hybridized carbons (Fsp3) is 0.111. The highest BCUT2D eigenvalue weighted by Crippen LogP contribution is 2.29. The lowest BCUT2D eigenvalue weighted by atomic mass is 10.1. The number of alkyl halides is 3. The van der Waals surface area contributed by atoms with E-state index >= 15 is 0 Å². The molecule has 8 heteroatoms. The zero-order valence-electron chi connectivity index (χ0n) is 13.2. The molecule has 0 spiro atoms. The molecule has 1 amide bonds. The minimum atomic E-state index is -4.43. The van der Waals surface area contributed by atoms with Crippen molar-refractivity contribution in [1.82, 2.24) is 5.16 Å². The predicted molar refractivity (Wildman–Crippen MR) is 85.7 cm³/mol. The van der Waals surface area contributed by atoms with Crippen molar-refractivity contribution >= 4 is 11.6 Å². The van der Waals surface area contributed by atoms with Gasteiger partial charge in [0.1, 0.15) is 5.82 Å². The van der Waals surface area contributed by atoms with E-state index < -0.39 is 17.6 Å². The van der Waals surface area contributed by atoms with Crippen LogP contribution in [0.25, 0.3) is 11.3 Å². The molecule has 0 saturated heterocycles. The van der Waals surface area contributed by atoms with Crippen LogP contribution in [0.15, 0.2) is 59.1 Å². The van der Waals surface area contributed by atoms with Gasteiger partial charge in [0.25, 0.3) is 0 Å². The molecule has 3 rings (SSSR count). The molecule has 0 fully saturated rings. The first-order valence-corrected chi connectivity index (χ1v) is 7.50. The van der Waals surface area contributed by atoms with Gasteiger partial charge in [0, 0.05) is 17.3 Å². The summed E-state index contributed by atoms with van der Waals surface area (Å²) < 4.78 is 55.6. The number of hydrogen-bond donors (Lipinski definition) is 1. The predicted octanol–water partition coefficient (Wildman–Crippen LogP) is 4.68. The number of rotatable bonds is 4. The van der Waals surface area contributed by atoms with Crippen molar-refractivity contribution in [3.63, 3.8) is 0 Å². The zero-order chi connectivity index (χ0) is 18.7. The molecule has 3 aromatic rings. The lowest BCUT2D eigenvalue weighted by Gasteiger charge is -2.08. The number of amides is 1. The number of hydrogen-bond acceptors (Lipinski definition) is 3. The van der Waals surface area contributed by atoms with Gasteiger partial charge in [-0.25, -0.2) is 4.39 Å². The maximum atomic E-state index is 12.9. The van der Waals surface area contributed by atoms with Gasteiger partial charge in [-0.1, -0.05) is 5.16 Å². The van der Waals surface area contributed by atoms with Gasteiger partial charge in [0.2, 0.25) is 5.91 Å². The smallest absolute Gasteiger partial charge is 0.356 e. The summed E-state index contributed by atoms with van der Waals surface area (Å²) in [6, 6.07) is 11.2. The highest BCUT2D eigenvalue weighted by molar-refractivity contribution is 5.92. The van der Waals surface area contributed by atoms with Crippen LogP contribution in [-0.4, -0.2) is 11.1 Å². The Balaban J connectivity index is 1.62. The fourth-order valence-corrected chi connectivity index (χ4v) is 2.26. The van der Waals surface area contributed by atoms with Gasteiger partial charge in [-0.15, -0.1) is 0 Å². The van der Waals surface area contributed by atoms with E-state index in [0.29, 0.717) is 17.0 Å². The number of carbonyl (C=O) groups is 1. The summed E-state index contributed by atoms with van der Waals surface area (Å²) in [5.41, 5.74) is 0.392. The molecule has 1 heterocycles. The SMILES string of the molecule is O=C(Cc1cc(-c2ccc(F)cc2)on1)Nc1ccc(C(F)(F)F)cc1. The van der Waals surface area contributed by atoms with Crippen LogP contribution in [-0.2, 0) is 17.4 Å².